The first-order valence-electron chi connectivity index (χ1n) is 23.8. The van der Waals surface area contributed by atoms with Gasteiger partial charge in [0.2, 0.25) is 0 Å². The molecule has 0 saturated heterocycles. The van der Waals surface area contributed by atoms with Crippen LogP contribution < -0.4 is 0 Å². The number of rotatable bonds is 54. The van der Waals surface area contributed by atoms with Crippen molar-refractivity contribution in [2.45, 2.75) is 142 Å². The van der Waals surface area contributed by atoms with Crippen LogP contribution in [0.3, 0.4) is 0 Å². The predicted octanol–water partition coefficient (Wildman–Crippen LogP) is 8.55. The van der Waals surface area contributed by atoms with Crippen LogP contribution >= 0.6 is 0 Å². The second-order valence-corrected chi connectivity index (χ2v) is 14.7. The van der Waals surface area contributed by atoms with Crippen molar-refractivity contribution < 1.29 is 61.6 Å². The van der Waals surface area contributed by atoms with Gasteiger partial charge >= 0.3 is 5.97 Å². The van der Waals surface area contributed by atoms with E-state index in [0.29, 0.717) is 145 Å². The van der Waals surface area contributed by atoms with Crippen LogP contribution in [0.2, 0.25) is 0 Å². The fraction of sp³-hybridized carbons (Fsp3) is 0.978. The minimum atomic E-state index is -0.157. The Morgan fingerprint density at radius 2 is 0.441 bits per heavy atom. The molecule has 0 heterocycles. The summed E-state index contributed by atoms with van der Waals surface area (Å²) in [6, 6.07) is 0. The maximum absolute atomic E-state index is 11.5. The molecule has 0 aliphatic rings. The lowest BCUT2D eigenvalue weighted by Gasteiger charge is -2.09. The van der Waals surface area contributed by atoms with E-state index in [9.17, 15) is 4.79 Å². The Hall–Kier alpha value is -0.970. The Morgan fingerprint density at radius 1 is 0.237 bits per heavy atom. The summed E-state index contributed by atoms with van der Waals surface area (Å²) < 4.78 is 65.9. The third-order valence-electron chi connectivity index (χ3n) is 9.34. The molecule has 0 spiro atoms. The molecular weight excluding hydrogens is 760 g/mol. The monoisotopic (exact) mass is 853 g/mol. The molecule has 0 aliphatic carbocycles. The van der Waals surface area contributed by atoms with Gasteiger partial charge in [0.15, 0.2) is 0 Å². The summed E-state index contributed by atoms with van der Waals surface area (Å²) in [4.78, 5) is 11.5. The summed E-state index contributed by atoms with van der Waals surface area (Å²) in [5.41, 5.74) is 0. The molecule has 0 amide bonds. The van der Waals surface area contributed by atoms with Crippen LogP contribution in [0.25, 0.3) is 0 Å². The first kappa shape index (κ1) is 58.0. The zero-order valence-electron chi connectivity index (χ0n) is 38.2. The maximum atomic E-state index is 11.5. The molecule has 13 heteroatoms. The molecule has 0 atom stereocenters. The van der Waals surface area contributed by atoms with Crippen LogP contribution in [-0.4, -0.2) is 158 Å². The zero-order chi connectivity index (χ0) is 42.5. The third kappa shape index (κ3) is 55.0. The highest BCUT2D eigenvalue weighted by molar-refractivity contribution is 5.69. The Kier molecular flexibility index (Phi) is 54.1. The fourth-order valence-corrected chi connectivity index (χ4v) is 5.86. The SMILES string of the molecule is CCCCCCCCCCCCCCCCCCOCCOCCOCCOCCOCCOCCOCCOCCOCCOCCOCCOC(=O)CCCCC. The largest absolute Gasteiger partial charge is 0.463 e. The van der Waals surface area contributed by atoms with Crippen LogP contribution in [0.15, 0.2) is 0 Å². The van der Waals surface area contributed by atoms with Gasteiger partial charge in [0.25, 0.3) is 0 Å². The average Bonchev–Trinajstić information content (AvgIpc) is 3.24. The lowest BCUT2D eigenvalue weighted by Crippen LogP contribution is -2.15. The number of carbonyl (C=O) groups excluding carboxylic acids is 1. The van der Waals surface area contributed by atoms with Gasteiger partial charge in [-0.2, -0.15) is 0 Å². The van der Waals surface area contributed by atoms with Crippen molar-refractivity contribution in [1.82, 2.24) is 0 Å². The Morgan fingerprint density at radius 3 is 0.712 bits per heavy atom. The van der Waals surface area contributed by atoms with E-state index in [1.807, 2.05) is 0 Å². The molecule has 0 aliphatic heterocycles. The molecule has 354 valence electrons. The van der Waals surface area contributed by atoms with Crippen LogP contribution in [0, 0.1) is 0 Å². The molecule has 0 N–H and O–H groups in total. The summed E-state index contributed by atoms with van der Waals surface area (Å²) in [5.74, 6) is -0.157. The van der Waals surface area contributed by atoms with E-state index in [1.165, 1.54) is 96.3 Å². The van der Waals surface area contributed by atoms with Crippen molar-refractivity contribution in [2.75, 3.05) is 152 Å². The molecule has 13 nitrogen and oxygen atoms in total. The molecule has 0 aromatic carbocycles. The van der Waals surface area contributed by atoms with E-state index in [2.05, 4.69) is 13.8 Å². The number of hydrogen-bond donors (Lipinski definition) is 0. The first-order chi connectivity index (χ1) is 29.3. The van der Waals surface area contributed by atoms with Gasteiger partial charge in [-0.1, -0.05) is 123 Å². The summed E-state index contributed by atoms with van der Waals surface area (Å²) in [6.07, 6.45) is 25.7. The van der Waals surface area contributed by atoms with Gasteiger partial charge in [0.05, 0.1) is 139 Å². The average molecular weight is 853 g/mol. The molecule has 0 rings (SSSR count). The highest BCUT2D eigenvalue weighted by Crippen LogP contribution is 2.13. The zero-order valence-corrected chi connectivity index (χ0v) is 38.2. The van der Waals surface area contributed by atoms with E-state index < -0.39 is 0 Å². The van der Waals surface area contributed by atoms with Crippen LogP contribution in [0.4, 0.5) is 0 Å². The van der Waals surface area contributed by atoms with E-state index in [4.69, 9.17) is 56.8 Å². The van der Waals surface area contributed by atoms with Gasteiger partial charge in [-0.05, 0) is 12.8 Å². The first-order valence-corrected chi connectivity index (χ1v) is 23.8. The van der Waals surface area contributed by atoms with Crippen LogP contribution in [-0.2, 0) is 61.6 Å². The normalized spacial score (nSPS) is 11.6. The highest BCUT2D eigenvalue weighted by Gasteiger charge is 2.02. The van der Waals surface area contributed by atoms with Gasteiger partial charge in [0, 0.05) is 13.0 Å². The number of carbonyl (C=O) groups is 1. The van der Waals surface area contributed by atoms with E-state index in [0.717, 1.165) is 32.3 Å². The third-order valence-corrected chi connectivity index (χ3v) is 9.34. The highest BCUT2D eigenvalue weighted by atomic mass is 16.6. The molecule has 0 aromatic heterocycles. The number of unbranched alkanes of at least 4 members (excludes halogenated alkanes) is 17. The van der Waals surface area contributed by atoms with E-state index in [-0.39, 0.29) is 12.6 Å². The van der Waals surface area contributed by atoms with Crippen molar-refractivity contribution in [1.29, 1.82) is 0 Å². The predicted molar refractivity (Wildman–Crippen MR) is 234 cm³/mol. The Labute approximate surface area is 361 Å². The summed E-state index contributed by atoms with van der Waals surface area (Å²) in [5, 5.41) is 0. The van der Waals surface area contributed by atoms with Crippen molar-refractivity contribution in [3.63, 3.8) is 0 Å². The van der Waals surface area contributed by atoms with Gasteiger partial charge in [0.1, 0.15) is 6.61 Å². The smallest absolute Gasteiger partial charge is 0.305 e. The van der Waals surface area contributed by atoms with Crippen molar-refractivity contribution in [3.8, 4) is 0 Å². The number of esters is 1. The second-order valence-electron chi connectivity index (χ2n) is 14.7. The molecule has 0 fully saturated rings. The van der Waals surface area contributed by atoms with Crippen LogP contribution in [0.1, 0.15) is 142 Å². The topological polar surface area (TPSA) is 128 Å². The second kappa shape index (κ2) is 55.0. The van der Waals surface area contributed by atoms with Gasteiger partial charge in [-0.25, -0.2) is 0 Å². The maximum Gasteiger partial charge on any atom is 0.305 e. The molecule has 59 heavy (non-hydrogen) atoms. The molecule has 0 bridgehead atoms. The number of hydrogen-bond acceptors (Lipinski definition) is 13. The minimum Gasteiger partial charge on any atom is -0.463 e. The van der Waals surface area contributed by atoms with Gasteiger partial charge in [-0.15, -0.1) is 0 Å². The van der Waals surface area contributed by atoms with Crippen molar-refractivity contribution in [3.05, 3.63) is 0 Å². The Balaban J connectivity index is 3.08. The van der Waals surface area contributed by atoms with Crippen molar-refractivity contribution >= 4 is 5.97 Å². The quantitative estimate of drug-likeness (QED) is 0.0429. The molecule has 0 radical (unpaired) electrons. The lowest BCUT2D eigenvalue weighted by atomic mass is 10.0. The van der Waals surface area contributed by atoms with Gasteiger partial charge in [-0.3, -0.25) is 4.79 Å². The lowest BCUT2D eigenvalue weighted by molar-refractivity contribution is -0.145. The summed E-state index contributed by atoms with van der Waals surface area (Å²) >= 11 is 0. The molecular formula is C46H92O13. The molecule has 0 saturated carbocycles. The van der Waals surface area contributed by atoms with Crippen molar-refractivity contribution in [2.24, 2.45) is 0 Å². The van der Waals surface area contributed by atoms with E-state index in [1.54, 1.807) is 0 Å². The fourth-order valence-electron chi connectivity index (χ4n) is 5.86. The summed E-state index contributed by atoms with van der Waals surface area (Å²) in [7, 11) is 0. The molecule has 0 unspecified atom stereocenters. The molecule has 0 aromatic rings. The summed E-state index contributed by atoms with van der Waals surface area (Å²) in [6.45, 7) is 16.3. The standard InChI is InChI=1S/C46H92O13/c1-3-5-7-8-9-10-11-12-13-14-15-16-17-18-19-21-23-48-24-25-49-26-27-50-28-29-51-30-31-52-32-33-53-34-35-54-36-37-55-38-39-56-40-41-57-42-43-58-44-45-59-46(47)22-20-6-4-2/h3-45H2,1-2H3. The van der Waals surface area contributed by atoms with Crippen LogP contribution in [0.5, 0.6) is 0 Å². The van der Waals surface area contributed by atoms with E-state index >= 15 is 0 Å². The Bertz CT molecular complexity index is 764. The van der Waals surface area contributed by atoms with Gasteiger partial charge < -0.3 is 56.8 Å². The minimum absolute atomic E-state index is 0.157. The number of ether oxygens (including phenoxy) is 12.